The molecule has 0 aliphatic carbocycles. The molecule has 0 fully saturated rings. The maximum absolute atomic E-state index is 12.9. The third kappa shape index (κ3) is 4.95. The Morgan fingerprint density at radius 2 is 2.00 bits per heavy atom. The van der Waals surface area contributed by atoms with Crippen LogP contribution in [0.1, 0.15) is 38.1 Å². The van der Waals surface area contributed by atoms with Gasteiger partial charge in [0.05, 0.1) is 42.0 Å². The number of rotatable bonds is 6. The van der Waals surface area contributed by atoms with Crippen molar-refractivity contribution in [3.05, 3.63) is 34.1 Å². The molecule has 0 aliphatic rings. The van der Waals surface area contributed by atoms with E-state index in [2.05, 4.69) is 4.98 Å². The van der Waals surface area contributed by atoms with E-state index in [-0.39, 0.29) is 29.2 Å². The summed E-state index contributed by atoms with van der Waals surface area (Å²) in [5.41, 5.74) is -0.206. The number of aliphatic hydroxyl groups is 1. The second-order valence-electron chi connectivity index (χ2n) is 7.34. The number of esters is 1. The Bertz CT molecular complexity index is 928. The fourth-order valence-corrected chi connectivity index (χ4v) is 3.50. The average molecular weight is 392 g/mol. The zero-order valence-electron chi connectivity index (χ0n) is 16.1. The summed E-state index contributed by atoms with van der Waals surface area (Å²) < 4.78 is 6.07. The van der Waals surface area contributed by atoms with Gasteiger partial charge in [-0.3, -0.25) is 14.2 Å². The van der Waals surface area contributed by atoms with E-state index in [1.807, 2.05) is 20.8 Å². The molecule has 1 aromatic heterocycles. The molecule has 1 N–H and O–H groups in total. The summed E-state index contributed by atoms with van der Waals surface area (Å²) in [5.74, 6) is -0.351. The first kappa shape index (κ1) is 21.1. The molecule has 0 aliphatic heterocycles. The summed E-state index contributed by atoms with van der Waals surface area (Å²) in [6, 6.07) is 4.51. The summed E-state index contributed by atoms with van der Waals surface area (Å²) in [6.45, 7) is 7.12. The van der Waals surface area contributed by atoms with E-state index in [1.54, 1.807) is 6.92 Å². The number of thioether (sulfide) groups is 1. The van der Waals surface area contributed by atoms with Gasteiger partial charge in [-0.15, -0.1) is 0 Å². The maximum atomic E-state index is 12.9. The molecular formula is C19H24N2O5S. The number of aliphatic hydroxyl groups excluding tert-OH is 1. The Morgan fingerprint density at radius 1 is 1.33 bits per heavy atom. The van der Waals surface area contributed by atoms with Crippen LogP contribution in [0.4, 0.5) is 0 Å². The third-order valence-electron chi connectivity index (χ3n) is 3.96. The second-order valence-corrected chi connectivity index (χ2v) is 8.29. The van der Waals surface area contributed by atoms with Gasteiger partial charge in [0.15, 0.2) is 5.16 Å². The monoisotopic (exact) mass is 392 g/mol. The number of aromatic nitrogens is 2. The van der Waals surface area contributed by atoms with Crippen molar-refractivity contribution < 1.29 is 19.4 Å². The van der Waals surface area contributed by atoms with Crippen LogP contribution in [0.5, 0.6) is 0 Å². The van der Waals surface area contributed by atoms with E-state index < -0.39 is 17.5 Å². The number of carbonyl (C=O) groups excluding carboxylic acids is 2. The Balaban J connectivity index is 2.55. The molecule has 8 heteroatoms. The summed E-state index contributed by atoms with van der Waals surface area (Å²) in [5, 5.41) is 10.4. The van der Waals surface area contributed by atoms with E-state index >= 15 is 0 Å². The lowest BCUT2D eigenvalue weighted by Gasteiger charge is -2.18. The standard InChI is InChI=1S/C19H24N2O5S/c1-11(22)9-21-16(24)13-7-6-12(17(25)26-5)8-14(13)20-18(21)27-10-15(23)19(2,3)4/h6-8,11,22H,9-10H2,1-5H3/t11-/m0/s1. The molecule has 0 spiro atoms. The Labute approximate surface area is 161 Å². The lowest BCUT2D eigenvalue weighted by atomic mass is 9.92. The Kier molecular flexibility index (Phi) is 6.43. The van der Waals surface area contributed by atoms with Crippen LogP contribution in [0.3, 0.4) is 0 Å². The van der Waals surface area contributed by atoms with Gasteiger partial charge in [-0.2, -0.15) is 0 Å². The highest BCUT2D eigenvalue weighted by Gasteiger charge is 2.23. The van der Waals surface area contributed by atoms with Gasteiger partial charge in [0.25, 0.3) is 5.56 Å². The fourth-order valence-electron chi connectivity index (χ4n) is 2.33. The highest BCUT2D eigenvalue weighted by Crippen LogP contribution is 2.23. The van der Waals surface area contributed by atoms with E-state index in [9.17, 15) is 19.5 Å². The predicted octanol–water partition coefficient (Wildman–Crippen LogP) is 2.27. The minimum Gasteiger partial charge on any atom is -0.465 e. The number of methoxy groups -OCH3 is 1. The topological polar surface area (TPSA) is 98.5 Å². The molecule has 0 radical (unpaired) electrons. The van der Waals surface area contributed by atoms with Gasteiger partial charge in [-0.1, -0.05) is 32.5 Å². The molecule has 1 aromatic carbocycles. The predicted molar refractivity (Wildman–Crippen MR) is 104 cm³/mol. The molecule has 146 valence electrons. The van der Waals surface area contributed by atoms with Crippen molar-refractivity contribution in [3.8, 4) is 0 Å². The molecule has 2 rings (SSSR count). The minimum atomic E-state index is -0.756. The van der Waals surface area contributed by atoms with Gasteiger partial charge in [-0.25, -0.2) is 9.78 Å². The highest BCUT2D eigenvalue weighted by molar-refractivity contribution is 7.99. The van der Waals surface area contributed by atoms with Crippen molar-refractivity contribution in [2.45, 2.75) is 45.5 Å². The van der Waals surface area contributed by atoms with Crippen molar-refractivity contribution in [2.75, 3.05) is 12.9 Å². The van der Waals surface area contributed by atoms with Crippen LogP contribution in [0, 0.1) is 5.41 Å². The summed E-state index contributed by atoms with van der Waals surface area (Å²) in [7, 11) is 1.28. The third-order valence-corrected chi connectivity index (χ3v) is 4.93. The molecular weight excluding hydrogens is 368 g/mol. The van der Waals surface area contributed by atoms with Gasteiger partial charge in [0.2, 0.25) is 0 Å². The zero-order chi connectivity index (χ0) is 20.4. The van der Waals surface area contributed by atoms with Gasteiger partial charge >= 0.3 is 5.97 Å². The van der Waals surface area contributed by atoms with Crippen molar-refractivity contribution >= 4 is 34.4 Å². The van der Waals surface area contributed by atoms with Crippen LogP contribution >= 0.6 is 11.8 Å². The molecule has 27 heavy (non-hydrogen) atoms. The maximum Gasteiger partial charge on any atom is 0.337 e. The molecule has 0 amide bonds. The van der Waals surface area contributed by atoms with Crippen LogP contribution in [-0.2, 0) is 16.1 Å². The van der Waals surface area contributed by atoms with Gasteiger partial charge in [-0.05, 0) is 25.1 Å². The smallest absolute Gasteiger partial charge is 0.337 e. The van der Waals surface area contributed by atoms with Crippen molar-refractivity contribution in [1.29, 1.82) is 0 Å². The van der Waals surface area contributed by atoms with Gasteiger partial charge < -0.3 is 9.84 Å². The number of ether oxygens (including phenoxy) is 1. The number of carbonyl (C=O) groups is 2. The quantitative estimate of drug-likeness (QED) is 0.457. The lowest BCUT2D eigenvalue weighted by Crippen LogP contribution is -2.29. The van der Waals surface area contributed by atoms with E-state index in [1.165, 1.54) is 29.9 Å². The Morgan fingerprint density at radius 3 is 2.56 bits per heavy atom. The number of hydrogen-bond acceptors (Lipinski definition) is 7. The molecule has 1 atom stereocenters. The van der Waals surface area contributed by atoms with Crippen LogP contribution in [0.2, 0.25) is 0 Å². The number of Topliss-reactive ketones (excluding diaryl/α,β-unsaturated/α-hetero) is 1. The average Bonchev–Trinajstić information content (AvgIpc) is 2.60. The number of ketones is 1. The first-order valence-corrected chi connectivity index (χ1v) is 9.50. The summed E-state index contributed by atoms with van der Waals surface area (Å²) in [6.07, 6.45) is -0.756. The number of hydrogen-bond donors (Lipinski definition) is 1. The second kappa shape index (κ2) is 8.22. The Hall–Kier alpha value is -2.19. The highest BCUT2D eigenvalue weighted by atomic mass is 32.2. The van der Waals surface area contributed by atoms with E-state index in [4.69, 9.17) is 4.74 Å². The molecule has 0 saturated heterocycles. The van der Waals surface area contributed by atoms with Crippen molar-refractivity contribution in [3.63, 3.8) is 0 Å². The molecule has 0 bridgehead atoms. The number of nitrogens with zero attached hydrogens (tertiary/aromatic N) is 2. The minimum absolute atomic E-state index is 0.0220. The van der Waals surface area contributed by atoms with E-state index in [0.29, 0.717) is 16.1 Å². The number of fused-ring (bicyclic) bond motifs is 1. The summed E-state index contributed by atoms with van der Waals surface area (Å²) >= 11 is 1.15. The van der Waals surface area contributed by atoms with E-state index in [0.717, 1.165) is 11.8 Å². The molecule has 1 heterocycles. The van der Waals surface area contributed by atoms with Crippen LogP contribution < -0.4 is 5.56 Å². The lowest BCUT2D eigenvalue weighted by molar-refractivity contribution is -0.123. The van der Waals surface area contributed by atoms with Gasteiger partial charge in [0.1, 0.15) is 5.78 Å². The molecule has 7 nitrogen and oxygen atoms in total. The SMILES string of the molecule is COC(=O)c1ccc2c(=O)n(C[C@H](C)O)c(SCC(=O)C(C)(C)C)nc2c1. The van der Waals surface area contributed by atoms with Gasteiger partial charge in [0, 0.05) is 5.41 Å². The summed E-state index contributed by atoms with van der Waals surface area (Å²) in [4.78, 5) is 41.4. The first-order valence-electron chi connectivity index (χ1n) is 8.51. The zero-order valence-corrected chi connectivity index (χ0v) is 16.9. The first-order chi connectivity index (χ1) is 12.5. The largest absolute Gasteiger partial charge is 0.465 e. The molecule has 2 aromatic rings. The molecule has 0 unspecified atom stereocenters. The fraction of sp³-hybridized carbons (Fsp3) is 0.474. The van der Waals surface area contributed by atoms with Crippen molar-refractivity contribution in [2.24, 2.45) is 5.41 Å². The van der Waals surface area contributed by atoms with Crippen molar-refractivity contribution in [1.82, 2.24) is 9.55 Å². The van der Waals surface area contributed by atoms with Crippen LogP contribution in [0.15, 0.2) is 28.2 Å². The molecule has 0 saturated carbocycles. The normalized spacial score (nSPS) is 12.8. The van der Waals surface area contributed by atoms with Crippen LogP contribution in [-0.4, -0.2) is 45.4 Å². The number of benzene rings is 1. The van der Waals surface area contributed by atoms with Crippen LogP contribution in [0.25, 0.3) is 10.9 Å².